The number of ether oxygens (including phenoxy) is 3. The van der Waals surface area contributed by atoms with Crippen molar-refractivity contribution in [1.29, 1.82) is 0 Å². The van der Waals surface area contributed by atoms with Crippen LogP contribution >= 0.6 is 0 Å². The van der Waals surface area contributed by atoms with Crippen molar-refractivity contribution >= 4 is 17.5 Å². The van der Waals surface area contributed by atoms with Gasteiger partial charge in [0.2, 0.25) is 0 Å². The van der Waals surface area contributed by atoms with Crippen molar-refractivity contribution in [3.8, 4) is 17.2 Å². The van der Waals surface area contributed by atoms with Gasteiger partial charge in [-0.1, -0.05) is 25.1 Å². The van der Waals surface area contributed by atoms with Gasteiger partial charge in [-0.25, -0.2) is 4.39 Å². The maximum absolute atomic E-state index is 13.1. The molecule has 0 bridgehead atoms. The maximum Gasteiger partial charge on any atom is 0.265 e. The molecule has 0 spiro atoms. The Morgan fingerprint density at radius 2 is 1.66 bits per heavy atom. The van der Waals surface area contributed by atoms with Gasteiger partial charge >= 0.3 is 0 Å². The van der Waals surface area contributed by atoms with Crippen LogP contribution in [0, 0.1) is 5.82 Å². The second-order valence-electron chi connectivity index (χ2n) is 7.70. The quantitative estimate of drug-likeness (QED) is 0.419. The molecule has 0 aliphatic carbocycles. The lowest BCUT2D eigenvalue weighted by Gasteiger charge is -2.18. The molecular formula is C27H29FN2O5. The number of hydrogen-bond donors (Lipinski definition) is 2. The molecule has 8 heteroatoms. The first-order valence-electron chi connectivity index (χ1n) is 11.3. The van der Waals surface area contributed by atoms with Crippen LogP contribution < -0.4 is 24.8 Å². The number of para-hydroxylation sites is 1. The molecule has 3 aromatic rings. The normalized spacial score (nSPS) is 11.3. The Hall–Kier alpha value is -4.07. The van der Waals surface area contributed by atoms with Gasteiger partial charge in [-0.15, -0.1) is 0 Å². The van der Waals surface area contributed by atoms with Gasteiger partial charge in [0.25, 0.3) is 11.8 Å². The van der Waals surface area contributed by atoms with Crippen LogP contribution in [-0.4, -0.2) is 38.7 Å². The highest BCUT2D eigenvalue weighted by molar-refractivity contribution is 6.04. The van der Waals surface area contributed by atoms with E-state index in [1.165, 1.54) is 24.3 Å². The molecule has 3 rings (SSSR count). The summed E-state index contributed by atoms with van der Waals surface area (Å²) >= 11 is 0. The first kappa shape index (κ1) is 25.6. The van der Waals surface area contributed by atoms with E-state index in [0.717, 1.165) is 5.56 Å². The van der Waals surface area contributed by atoms with Crippen molar-refractivity contribution in [2.45, 2.75) is 25.9 Å². The number of anilines is 1. The summed E-state index contributed by atoms with van der Waals surface area (Å²) in [4.78, 5) is 25.7. The number of methoxy groups -OCH3 is 2. The van der Waals surface area contributed by atoms with Crippen LogP contribution in [0.25, 0.3) is 0 Å². The summed E-state index contributed by atoms with van der Waals surface area (Å²) in [5.41, 5.74) is 1.69. The molecule has 184 valence electrons. The zero-order valence-corrected chi connectivity index (χ0v) is 20.0. The predicted octanol–water partition coefficient (Wildman–Crippen LogP) is 4.61. The fraction of sp³-hybridized carbons (Fsp3) is 0.259. The number of rotatable bonds is 11. The third kappa shape index (κ3) is 6.96. The van der Waals surface area contributed by atoms with E-state index < -0.39 is 12.0 Å². The Balaban J connectivity index is 1.61. The first-order valence-corrected chi connectivity index (χ1v) is 11.3. The smallest absolute Gasteiger partial charge is 0.265 e. The van der Waals surface area contributed by atoms with Gasteiger partial charge in [-0.2, -0.15) is 0 Å². The molecule has 0 aliphatic rings. The summed E-state index contributed by atoms with van der Waals surface area (Å²) in [6.07, 6.45) is 0.175. The highest BCUT2D eigenvalue weighted by Crippen LogP contribution is 2.27. The molecule has 2 amide bonds. The maximum atomic E-state index is 13.1. The summed E-state index contributed by atoms with van der Waals surface area (Å²) in [7, 11) is 3.15. The summed E-state index contributed by atoms with van der Waals surface area (Å²) in [6.45, 7) is 2.20. The molecule has 0 aromatic heterocycles. The predicted molar refractivity (Wildman–Crippen MR) is 132 cm³/mol. The van der Waals surface area contributed by atoms with Crippen LogP contribution in [0.3, 0.4) is 0 Å². The van der Waals surface area contributed by atoms with Crippen LogP contribution in [0.1, 0.15) is 29.3 Å². The first-order chi connectivity index (χ1) is 16.9. The third-order valence-corrected chi connectivity index (χ3v) is 5.33. The van der Waals surface area contributed by atoms with Crippen molar-refractivity contribution in [3.05, 3.63) is 83.7 Å². The summed E-state index contributed by atoms with van der Waals surface area (Å²) < 4.78 is 29.4. The molecule has 0 aliphatic heterocycles. The van der Waals surface area contributed by atoms with Crippen molar-refractivity contribution in [1.82, 2.24) is 5.32 Å². The van der Waals surface area contributed by atoms with E-state index in [1.54, 1.807) is 45.4 Å². The van der Waals surface area contributed by atoms with Gasteiger partial charge in [0, 0.05) is 6.54 Å². The summed E-state index contributed by atoms with van der Waals surface area (Å²) in [6, 6.07) is 17.8. The zero-order chi connectivity index (χ0) is 25.2. The lowest BCUT2D eigenvalue weighted by molar-refractivity contribution is -0.122. The van der Waals surface area contributed by atoms with Gasteiger partial charge in [0.05, 0.1) is 25.5 Å². The molecule has 0 heterocycles. The minimum absolute atomic E-state index is 0.311. The van der Waals surface area contributed by atoms with Crippen molar-refractivity contribution in [2.75, 3.05) is 26.1 Å². The molecule has 35 heavy (non-hydrogen) atoms. The molecule has 0 radical (unpaired) electrons. The van der Waals surface area contributed by atoms with Crippen LogP contribution in [-0.2, 0) is 11.2 Å². The summed E-state index contributed by atoms with van der Waals surface area (Å²) in [5.74, 6) is 0.545. The Labute approximate surface area is 204 Å². The van der Waals surface area contributed by atoms with E-state index in [0.29, 0.717) is 47.9 Å². The number of carbonyl (C=O) groups is 2. The molecule has 2 N–H and O–H groups in total. The van der Waals surface area contributed by atoms with E-state index in [-0.39, 0.29) is 11.7 Å². The second-order valence-corrected chi connectivity index (χ2v) is 7.70. The molecular weight excluding hydrogens is 451 g/mol. The van der Waals surface area contributed by atoms with Gasteiger partial charge in [-0.3, -0.25) is 9.59 Å². The number of nitrogens with one attached hydrogen (secondary N) is 2. The Bertz CT molecular complexity index is 1150. The van der Waals surface area contributed by atoms with Gasteiger partial charge in [-0.05, 0) is 66.9 Å². The monoisotopic (exact) mass is 480 g/mol. The highest BCUT2D eigenvalue weighted by Gasteiger charge is 2.21. The molecule has 0 saturated heterocycles. The Morgan fingerprint density at radius 1 is 0.943 bits per heavy atom. The molecule has 7 nitrogen and oxygen atoms in total. The highest BCUT2D eigenvalue weighted by atomic mass is 19.1. The third-order valence-electron chi connectivity index (χ3n) is 5.33. The average Bonchev–Trinajstić information content (AvgIpc) is 2.88. The van der Waals surface area contributed by atoms with Crippen LogP contribution in [0.2, 0.25) is 0 Å². The van der Waals surface area contributed by atoms with Gasteiger partial charge in [0.15, 0.2) is 17.6 Å². The number of hydrogen-bond acceptors (Lipinski definition) is 5. The minimum atomic E-state index is -0.804. The SMILES string of the molecule is CC[C@H](Oc1ccc(F)cc1)C(=O)Nc1ccccc1C(=O)NCCc1ccc(OC)c(OC)c1. The molecule has 0 unspecified atom stereocenters. The number of carbonyl (C=O) groups excluding carboxylic acids is 2. The van der Waals surface area contributed by atoms with E-state index >= 15 is 0 Å². The number of amides is 2. The summed E-state index contributed by atoms with van der Waals surface area (Å²) in [5, 5.41) is 5.67. The van der Waals surface area contributed by atoms with Gasteiger partial charge in [0.1, 0.15) is 11.6 Å². The van der Waals surface area contributed by atoms with Crippen LogP contribution in [0.4, 0.5) is 10.1 Å². The second kappa shape index (κ2) is 12.4. The number of halogens is 1. The van der Waals surface area contributed by atoms with Crippen molar-refractivity contribution in [2.24, 2.45) is 0 Å². The van der Waals surface area contributed by atoms with E-state index in [9.17, 15) is 14.0 Å². The van der Waals surface area contributed by atoms with E-state index in [2.05, 4.69) is 10.6 Å². The topological polar surface area (TPSA) is 85.9 Å². The molecule has 3 aromatic carbocycles. The number of benzene rings is 3. The molecule has 1 atom stereocenters. The standard InChI is InChI=1S/C27H29FN2O5/c1-4-23(35-20-12-10-19(28)11-13-20)27(32)30-22-8-6-5-7-21(22)26(31)29-16-15-18-9-14-24(33-2)25(17-18)34-3/h5-14,17,23H,4,15-16H2,1-3H3,(H,29,31)(H,30,32)/t23-/m0/s1. The average molecular weight is 481 g/mol. The molecule has 0 fully saturated rings. The zero-order valence-electron chi connectivity index (χ0n) is 20.0. The van der Waals surface area contributed by atoms with E-state index in [1.807, 2.05) is 18.2 Å². The van der Waals surface area contributed by atoms with Gasteiger partial charge < -0.3 is 24.8 Å². The van der Waals surface area contributed by atoms with Crippen LogP contribution in [0.5, 0.6) is 17.2 Å². The fourth-order valence-electron chi connectivity index (χ4n) is 3.45. The largest absolute Gasteiger partial charge is 0.493 e. The van der Waals surface area contributed by atoms with Crippen LogP contribution in [0.15, 0.2) is 66.7 Å². The Kier molecular flexibility index (Phi) is 9.06. The lowest BCUT2D eigenvalue weighted by atomic mass is 10.1. The minimum Gasteiger partial charge on any atom is -0.493 e. The lowest BCUT2D eigenvalue weighted by Crippen LogP contribution is -2.33. The van der Waals surface area contributed by atoms with Crippen molar-refractivity contribution in [3.63, 3.8) is 0 Å². The van der Waals surface area contributed by atoms with E-state index in [4.69, 9.17) is 14.2 Å². The fourth-order valence-corrected chi connectivity index (χ4v) is 3.45. The molecule has 0 saturated carbocycles. The van der Waals surface area contributed by atoms with Crippen molar-refractivity contribution < 1.29 is 28.2 Å². The Morgan fingerprint density at radius 3 is 2.34 bits per heavy atom.